The third-order valence-corrected chi connectivity index (χ3v) is 3.54. The number of hydrogen-bond donors (Lipinski definition) is 1. The number of rotatable bonds is 3. The summed E-state index contributed by atoms with van der Waals surface area (Å²) >= 11 is 0. The number of nitrogen functional groups attached to an aromatic ring is 1. The Balaban J connectivity index is 2.25. The van der Waals surface area contributed by atoms with Crippen molar-refractivity contribution in [2.45, 2.75) is 19.9 Å². The molecule has 6 nitrogen and oxygen atoms in total. The number of pyridine rings is 1. The molecule has 0 radical (unpaired) electrons. The fourth-order valence-corrected chi connectivity index (χ4v) is 2.48. The zero-order valence-electron chi connectivity index (χ0n) is 12.3. The average Bonchev–Trinajstić information content (AvgIpc) is 2.40. The molecule has 6 heteroatoms. The van der Waals surface area contributed by atoms with E-state index in [0.717, 1.165) is 25.5 Å². The Morgan fingerprint density at radius 1 is 1.55 bits per heavy atom. The Morgan fingerprint density at radius 3 is 2.95 bits per heavy atom. The van der Waals surface area contributed by atoms with Gasteiger partial charge in [0.2, 0.25) is 0 Å². The van der Waals surface area contributed by atoms with Crippen molar-refractivity contribution in [3.63, 3.8) is 0 Å². The minimum Gasteiger partial charge on any atom is -0.462 e. The monoisotopic (exact) mass is 278 g/mol. The molecule has 0 saturated carbocycles. The quantitative estimate of drug-likeness (QED) is 0.831. The molecule has 20 heavy (non-hydrogen) atoms. The maximum atomic E-state index is 11.9. The fraction of sp³-hybridized carbons (Fsp3) is 0.571. The summed E-state index contributed by atoms with van der Waals surface area (Å²) in [6, 6.07) is 2.08. The normalized spacial score (nSPS) is 19.9. The third kappa shape index (κ3) is 3.01. The summed E-state index contributed by atoms with van der Waals surface area (Å²) in [6.45, 7) is 7.10. The molecule has 0 bridgehead atoms. The largest absolute Gasteiger partial charge is 0.462 e. The molecule has 2 rings (SSSR count). The summed E-state index contributed by atoms with van der Waals surface area (Å²) in [7, 11) is 2.11. The summed E-state index contributed by atoms with van der Waals surface area (Å²) in [5.74, 6) is 0.387. The Labute approximate surface area is 119 Å². The lowest BCUT2D eigenvalue weighted by Crippen LogP contribution is -2.50. The van der Waals surface area contributed by atoms with Gasteiger partial charge >= 0.3 is 5.97 Å². The van der Waals surface area contributed by atoms with Gasteiger partial charge in [0.1, 0.15) is 5.82 Å². The molecule has 1 unspecified atom stereocenters. The molecule has 1 aromatic heterocycles. The number of likely N-dealkylation sites (N-methyl/N-ethyl adjacent to an activating group) is 1. The second-order valence-corrected chi connectivity index (χ2v) is 5.15. The number of nitrogens with two attached hydrogens (primary N) is 1. The standard InChI is InChI=1S/C14H22N4O2/c1-4-20-14(19)11-7-13(16-8-12(11)15)18-6-5-17(3)9-10(18)2/h7-8,10H,4-6,9,15H2,1-3H3. The molecule has 2 N–H and O–H groups in total. The van der Waals surface area contributed by atoms with Crippen molar-refractivity contribution in [2.24, 2.45) is 0 Å². The SMILES string of the molecule is CCOC(=O)c1cc(N2CCN(C)CC2C)ncc1N. The lowest BCUT2D eigenvalue weighted by atomic mass is 10.1. The van der Waals surface area contributed by atoms with Crippen LogP contribution in [0.15, 0.2) is 12.3 Å². The van der Waals surface area contributed by atoms with Crippen molar-refractivity contribution in [1.82, 2.24) is 9.88 Å². The van der Waals surface area contributed by atoms with Gasteiger partial charge in [0.05, 0.1) is 24.1 Å². The van der Waals surface area contributed by atoms with Gasteiger partial charge in [0.15, 0.2) is 0 Å². The minimum atomic E-state index is -0.393. The number of carbonyl (C=O) groups excluding carboxylic acids is 1. The van der Waals surface area contributed by atoms with Gasteiger partial charge < -0.3 is 20.3 Å². The van der Waals surface area contributed by atoms with Crippen LogP contribution >= 0.6 is 0 Å². The van der Waals surface area contributed by atoms with Crippen LogP contribution in [0.4, 0.5) is 11.5 Å². The predicted molar refractivity (Wildman–Crippen MR) is 78.9 cm³/mol. The Hall–Kier alpha value is -1.82. The molecule has 1 atom stereocenters. The summed E-state index contributed by atoms with van der Waals surface area (Å²) in [4.78, 5) is 20.7. The van der Waals surface area contributed by atoms with Crippen LogP contribution < -0.4 is 10.6 Å². The van der Waals surface area contributed by atoms with Crippen molar-refractivity contribution in [1.29, 1.82) is 0 Å². The summed E-state index contributed by atoms with van der Waals surface area (Å²) < 4.78 is 5.02. The highest BCUT2D eigenvalue weighted by molar-refractivity contribution is 5.95. The van der Waals surface area contributed by atoms with E-state index in [1.807, 2.05) is 0 Å². The van der Waals surface area contributed by atoms with Crippen LogP contribution in [-0.4, -0.2) is 55.2 Å². The van der Waals surface area contributed by atoms with E-state index in [2.05, 4.69) is 28.8 Å². The van der Waals surface area contributed by atoms with E-state index >= 15 is 0 Å². The topological polar surface area (TPSA) is 71.7 Å². The van der Waals surface area contributed by atoms with Crippen LogP contribution in [0.5, 0.6) is 0 Å². The number of carbonyl (C=O) groups is 1. The number of aromatic nitrogens is 1. The van der Waals surface area contributed by atoms with Gasteiger partial charge in [-0.3, -0.25) is 0 Å². The first-order valence-corrected chi connectivity index (χ1v) is 6.90. The molecule has 0 aliphatic carbocycles. The lowest BCUT2D eigenvalue weighted by molar-refractivity contribution is 0.0527. The number of hydrogen-bond acceptors (Lipinski definition) is 6. The number of anilines is 2. The van der Waals surface area contributed by atoms with Crippen LogP contribution in [0, 0.1) is 0 Å². The number of piperazine rings is 1. The third-order valence-electron chi connectivity index (χ3n) is 3.54. The van der Waals surface area contributed by atoms with Gasteiger partial charge in [-0.2, -0.15) is 0 Å². The van der Waals surface area contributed by atoms with E-state index in [1.54, 1.807) is 13.0 Å². The molecule has 110 valence electrons. The first kappa shape index (κ1) is 14.6. The molecule has 1 saturated heterocycles. The maximum absolute atomic E-state index is 11.9. The van der Waals surface area contributed by atoms with E-state index in [0.29, 0.717) is 23.9 Å². The smallest absolute Gasteiger partial charge is 0.340 e. The zero-order valence-corrected chi connectivity index (χ0v) is 12.3. The average molecular weight is 278 g/mol. The van der Waals surface area contributed by atoms with Crippen LogP contribution in [0.2, 0.25) is 0 Å². The molecule has 0 spiro atoms. The van der Waals surface area contributed by atoms with E-state index in [-0.39, 0.29) is 0 Å². The summed E-state index contributed by atoms with van der Waals surface area (Å²) in [6.07, 6.45) is 1.53. The zero-order chi connectivity index (χ0) is 14.7. The molecule has 1 aliphatic rings. The molecule has 1 fully saturated rings. The summed E-state index contributed by atoms with van der Waals surface area (Å²) in [5, 5.41) is 0. The Bertz CT molecular complexity index is 492. The predicted octanol–water partition coefficient (Wildman–Crippen LogP) is 0.981. The summed E-state index contributed by atoms with van der Waals surface area (Å²) in [5.41, 5.74) is 6.56. The van der Waals surface area contributed by atoms with Gasteiger partial charge in [-0.15, -0.1) is 0 Å². The van der Waals surface area contributed by atoms with Crippen molar-refractivity contribution in [3.05, 3.63) is 17.8 Å². The first-order chi connectivity index (χ1) is 9.52. The number of nitrogens with zero attached hydrogens (tertiary/aromatic N) is 3. The molecule has 1 aromatic rings. The van der Waals surface area contributed by atoms with Gasteiger partial charge in [0, 0.05) is 25.7 Å². The highest BCUT2D eigenvalue weighted by atomic mass is 16.5. The number of esters is 1. The van der Waals surface area contributed by atoms with Gasteiger partial charge in [0.25, 0.3) is 0 Å². The molecule has 0 aromatic carbocycles. The molecular weight excluding hydrogens is 256 g/mol. The lowest BCUT2D eigenvalue weighted by Gasteiger charge is -2.39. The van der Waals surface area contributed by atoms with Gasteiger partial charge in [-0.25, -0.2) is 9.78 Å². The first-order valence-electron chi connectivity index (χ1n) is 6.90. The van der Waals surface area contributed by atoms with Crippen molar-refractivity contribution in [2.75, 3.05) is 43.9 Å². The molecule has 1 aliphatic heterocycles. The van der Waals surface area contributed by atoms with Crippen molar-refractivity contribution < 1.29 is 9.53 Å². The van der Waals surface area contributed by atoms with Gasteiger partial charge in [-0.05, 0) is 27.0 Å². The minimum absolute atomic E-state index is 0.334. The van der Waals surface area contributed by atoms with Gasteiger partial charge in [-0.1, -0.05) is 0 Å². The van der Waals surface area contributed by atoms with E-state index in [4.69, 9.17) is 10.5 Å². The van der Waals surface area contributed by atoms with Crippen LogP contribution in [0.1, 0.15) is 24.2 Å². The van der Waals surface area contributed by atoms with E-state index in [9.17, 15) is 4.79 Å². The molecular formula is C14H22N4O2. The Morgan fingerprint density at radius 2 is 2.30 bits per heavy atom. The molecule has 0 amide bonds. The van der Waals surface area contributed by atoms with Crippen LogP contribution in [0.25, 0.3) is 0 Å². The fourth-order valence-electron chi connectivity index (χ4n) is 2.48. The highest BCUT2D eigenvalue weighted by Gasteiger charge is 2.24. The maximum Gasteiger partial charge on any atom is 0.340 e. The molecule has 2 heterocycles. The van der Waals surface area contributed by atoms with E-state index in [1.165, 1.54) is 6.20 Å². The van der Waals surface area contributed by atoms with Crippen molar-refractivity contribution >= 4 is 17.5 Å². The number of ether oxygens (including phenoxy) is 1. The highest BCUT2D eigenvalue weighted by Crippen LogP contribution is 2.22. The second kappa shape index (κ2) is 6.09. The van der Waals surface area contributed by atoms with Crippen LogP contribution in [0.3, 0.4) is 0 Å². The van der Waals surface area contributed by atoms with Crippen molar-refractivity contribution in [3.8, 4) is 0 Å². The van der Waals surface area contributed by atoms with E-state index < -0.39 is 5.97 Å². The van der Waals surface area contributed by atoms with Crippen LogP contribution in [-0.2, 0) is 4.74 Å². The second-order valence-electron chi connectivity index (χ2n) is 5.15. The Kier molecular flexibility index (Phi) is 4.44.